The summed E-state index contributed by atoms with van der Waals surface area (Å²) in [6.45, 7) is 6.00. The summed E-state index contributed by atoms with van der Waals surface area (Å²) < 4.78 is 0. The summed E-state index contributed by atoms with van der Waals surface area (Å²) in [5.41, 5.74) is 12.0. The molecule has 7 nitrogen and oxygen atoms in total. The topological polar surface area (TPSA) is 105 Å². The van der Waals surface area contributed by atoms with E-state index < -0.39 is 0 Å². The van der Waals surface area contributed by atoms with Crippen LogP contribution in [0.3, 0.4) is 0 Å². The Morgan fingerprint density at radius 2 is 1.73 bits per heavy atom. The number of rotatable bonds is 4. The van der Waals surface area contributed by atoms with E-state index in [1.807, 2.05) is 26.8 Å². The molecule has 0 unspecified atom stereocenters. The second-order valence-corrected chi connectivity index (χ2v) is 5.80. The van der Waals surface area contributed by atoms with Gasteiger partial charge in [0, 0.05) is 11.1 Å². The molecule has 1 aromatic heterocycles. The molecule has 0 bridgehead atoms. The summed E-state index contributed by atoms with van der Waals surface area (Å²) >= 11 is 0. The van der Waals surface area contributed by atoms with Gasteiger partial charge in [0.25, 0.3) is 5.91 Å². The zero-order valence-electron chi connectivity index (χ0n) is 12.8. The van der Waals surface area contributed by atoms with E-state index in [1.165, 1.54) is 6.33 Å². The Morgan fingerprint density at radius 1 is 1.09 bits per heavy atom. The van der Waals surface area contributed by atoms with E-state index in [2.05, 4.69) is 26.1 Å². The first-order valence-corrected chi connectivity index (χ1v) is 6.87. The zero-order valence-corrected chi connectivity index (χ0v) is 12.8. The number of carbonyl (C=O) groups excluding carboxylic acids is 1. The second kappa shape index (κ2) is 6.30. The lowest BCUT2D eigenvalue weighted by molar-refractivity contribution is 0.0962. The lowest BCUT2D eigenvalue weighted by Crippen LogP contribution is -2.31. The predicted octanol–water partition coefficient (Wildman–Crippen LogP) is 2.03. The highest BCUT2D eigenvalue weighted by molar-refractivity contribution is 5.95. The lowest BCUT2D eigenvalue weighted by atomic mass is 10.1. The van der Waals surface area contributed by atoms with Crippen LogP contribution in [0.5, 0.6) is 0 Å². The maximum atomic E-state index is 12.0. The van der Waals surface area contributed by atoms with Crippen molar-refractivity contribution in [1.82, 2.24) is 15.4 Å². The molecule has 0 atom stereocenters. The number of nitrogens with one attached hydrogen (secondary N) is 3. The van der Waals surface area contributed by atoms with Gasteiger partial charge in [-0.3, -0.25) is 15.6 Å². The molecule has 0 aliphatic carbocycles. The highest BCUT2D eigenvalue weighted by atomic mass is 16.2. The largest absolute Gasteiger partial charge is 0.393 e. The standard InChI is InChI=1S/C15H20N6O/c1-15(2,3)19-12-11(16)13(18-9-17-12)20-21-14(22)10-7-5-4-6-8-10/h4-9H,16H2,1-3H3,(H,21,22)(H2,17,18,19,20). The Labute approximate surface area is 129 Å². The number of amides is 1. The number of benzene rings is 1. The summed E-state index contributed by atoms with van der Waals surface area (Å²) in [5.74, 6) is 0.578. The summed E-state index contributed by atoms with van der Waals surface area (Å²) in [4.78, 5) is 20.1. The molecule has 7 heteroatoms. The van der Waals surface area contributed by atoms with Crippen LogP contribution >= 0.6 is 0 Å². The Balaban J connectivity index is 2.07. The maximum Gasteiger partial charge on any atom is 0.269 e. The Morgan fingerprint density at radius 3 is 2.36 bits per heavy atom. The Hall–Kier alpha value is -2.83. The molecule has 0 saturated heterocycles. The molecule has 2 aromatic rings. The number of carbonyl (C=O) groups is 1. The van der Waals surface area contributed by atoms with Gasteiger partial charge >= 0.3 is 0 Å². The molecule has 0 spiro atoms. The van der Waals surface area contributed by atoms with Crippen molar-refractivity contribution in [1.29, 1.82) is 0 Å². The molecular formula is C15H20N6O. The van der Waals surface area contributed by atoms with Crippen LogP contribution in [0.2, 0.25) is 0 Å². The van der Waals surface area contributed by atoms with Crippen LogP contribution in [0.4, 0.5) is 17.3 Å². The van der Waals surface area contributed by atoms with Crippen molar-refractivity contribution in [3.63, 3.8) is 0 Å². The zero-order chi connectivity index (χ0) is 16.2. The van der Waals surface area contributed by atoms with Crippen molar-refractivity contribution < 1.29 is 4.79 Å². The molecule has 0 radical (unpaired) electrons. The van der Waals surface area contributed by atoms with Gasteiger partial charge in [0.15, 0.2) is 11.6 Å². The number of hydrazine groups is 1. The molecule has 22 heavy (non-hydrogen) atoms. The number of nitrogens with zero attached hydrogens (tertiary/aromatic N) is 2. The normalized spacial score (nSPS) is 10.9. The molecular weight excluding hydrogens is 280 g/mol. The first-order valence-electron chi connectivity index (χ1n) is 6.87. The molecule has 1 amide bonds. The van der Waals surface area contributed by atoms with Gasteiger partial charge in [-0.25, -0.2) is 9.97 Å². The quantitative estimate of drug-likeness (QED) is 0.644. The van der Waals surface area contributed by atoms with Crippen molar-refractivity contribution in [3.8, 4) is 0 Å². The van der Waals surface area contributed by atoms with Crippen LogP contribution in [0, 0.1) is 0 Å². The van der Waals surface area contributed by atoms with Crippen molar-refractivity contribution in [2.75, 3.05) is 16.5 Å². The minimum absolute atomic E-state index is 0.187. The number of hydrogen-bond acceptors (Lipinski definition) is 6. The van der Waals surface area contributed by atoms with Crippen LogP contribution in [0.15, 0.2) is 36.7 Å². The van der Waals surface area contributed by atoms with E-state index in [-0.39, 0.29) is 11.4 Å². The van der Waals surface area contributed by atoms with Gasteiger partial charge < -0.3 is 11.1 Å². The van der Waals surface area contributed by atoms with Crippen LogP contribution in [-0.4, -0.2) is 21.4 Å². The fraction of sp³-hybridized carbons (Fsp3) is 0.267. The molecule has 0 aliphatic heterocycles. The first kappa shape index (κ1) is 15.6. The maximum absolute atomic E-state index is 12.0. The van der Waals surface area contributed by atoms with Crippen molar-refractivity contribution in [2.45, 2.75) is 26.3 Å². The summed E-state index contributed by atoms with van der Waals surface area (Å²) in [6, 6.07) is 8.86. The van der Waals surface area contributed by atoms with Crippen LogP contribution in [0.1, 0.15) is 31.1 Å². The van der Waals surface area contributed by atoms with Gasteiger partial charge in [0.2, 0.25) is 0 Å². The average Bonchev–Trinajstić information content (AvgIpc) is 2.47. The SMILES string of the molecule is CC(C)(C)Nc1ncnc(NNC(=O)c2ccccc2)c1N. The summed E-state index contributed by atoms with van der Waals surface area (Å²) in [6.07, 6.45) is 1.38. The smallest absolute Gasteiger partial charge is 0.269 e. The second-order valence-electron chi connectivity index (χ2n) is 5.80. The molecule has 2 rings (SSSR count). The Bertz CT molecular complexity index is 651. The number of hydrogen-bond donors (Lipinski definition) is 4. The van der Waals surface area contributed by atoms with Gasteiger partial charge in [0.05, 0.1) is 0 Å². The van der Waals surface area contributed by atoms with Crippen molar-refractivity contribution in [2.24, 2.45) is 0 Å². The lowest BCUT2D eigenvalue weighted by Gasteiger charge is -2.22. The number of aromatic nitrogens is 2. The van der Waals surface area contributed by atoms with Crippen LogP contribution < -0.4 is 21.9 Å². The van der Waals surface area contributed by atoms with E-state index in [0.29, 0.717) is 22.9 Å². The monoisotopic (exact) mass is 300 g/mol. The van der Waals surface area contributed by atoms with Crippen molar-refractivity contribution >= 4 is 23.2 Å². The molecule has 0 fully saturated rings. The van der Waals surface area contributed by atoms with Crippen molar-refractivity contribution in [3.05, 3.63) is 42.2 Å². The molecule has 0 saturated carbocycles. The highest BCUT2D eigenvalue weighted by Gasteiger charge is 2.15. The predicted molar refractivity (Wildman–Crippen MR) is 87.4 cm³/mol. The van der Waals surface area contributed by atoms with Crippen LogP contribution in [0.25, 0.3) is 0 Å². The van der Waals surface area contributed by atoms with Gasteiger partial charge in [-0.05, 0) is 32.9 Å². The average molecular weight is 300 g/mol. The highest BCUT2D eigenvalue weighted by Crippen LogP contribution is 2.24. The molecule has 1 aromatic carbocycles. The number of anilines is 3. The molecule has 5 N–H and O–H groups in total. The molecule has 116 valence electrons. The minimum atomic E-state index is -0.274. The first-order chi connectivity index (χ1) is 10.4. The summed E-state index contributed by atoms with van der Waals surface area (Å²) in [7, 11) is 0. The van der Waals surface area contributed by atoms with E-state index in [0.717, 1.165) is 0 Å². The third-order valence-corrected chi connectivity index (χ3v) is 2.71. The van der Waals surface area contributed by atoms with Crippen LogP contribution in [-0.2, 0) is 0 Å². The van der Waals surface area contributed by atoms with E-state index >= 15 is 0 Å². The summed E-state index contributed by atoms with van der Waals surface area (Å²) in [5, 5.41) is 3.18. The third kappa shape index (κ3) is 4.08. The molecule has 0 aliphatic rings. The van der Waals surface area contributed by atoms with Gasteiger partial charge in [-0.2, -0.15) is 0 Å². The van der Waals surface area contributed by atoms with Gasteiger partial charge in [-0.15, -0.1) is 0 Å². The minimum Gasteiger partial charge on any atom is -0.393 e. The van der Waals surface area contributed by atoms with Gasteiger partial charge in [-0.1, -0.05) is 18.2 Å². The van der Waals surface area contributed by atoms with E-state index in [4.69, 9.17) is 5.73 Å². The van der Waals surface area contributed by atoms with E-state index in [9.17, 15) is 4.79 Å². The fourth-order valence-electron chi connectivity index (χ4n) is 1.73. The number of nitrogens with two attached hydrogens (primary N) is 1. The molecule has 1 heterocycles. The Kier molecular flexibility index (Phi) is 4.45. The third-order valence-electron chi connectivity index (χ3n) is 2.71. The van der Waals surface area contributed by atoms with Gasteiger partial charge in [0.1, 0.15) is 12.0 Å². The number of nitrogen functional groups attached to an aromatic ring is 1. The van der Waals surface area contributed by atoms with E-state index in [1.54, 1.807) is 24.3 Å². The fourth-order valence-corrected chi connectivity index (χ4v) is 1.73.